The summed E-state index contributed by atoms with van der Waals surface area (Å²) in [5, 5.41) is 0. The minimum atomic E-state index is -0.0285. The smallest absolute Gasteiger partial charge is 0.0784 e. The molecule has 0 saturated heterocycles. The van der Waals surface area contributed by atoms with E-state index in [1.165, 1.54) is 0 Å². The van der Waals surface area contributed by atoms with Gasteiger partial charge in [-0.2, -0.15) is 0 Å². The van der Waals surface area contributed by atoms with E-state index in [1.807, 2.05) is 0 Å². The van der Waals surface area contributed by atoms with Crippen molar-refractivity contribution in [3.63, 3.8) is 0 Å². The summed E-state index contributed by atoms with van der Waals surface area (Å²) in [4.78, 5) is 3.05. The quantitative estimate of drug-likeness (QED) is 0.646. The van der Waals surface area contributed by atoms with E-state index in [-0.39, 0.29) is 5.41 Å². The molecule has 0 aromatic rings. The molecule has 2 N–H and O–H groups in total. The van der Waals surface area contributed by atoms with Crippen LogP contribution in [0.2, 0.25) is 0 Å². The molecule has 0 bridgehead atoms. The summed E-state index contributed by atoms with van der Waals surface area (Å²) in [6.07, 6.45) is 2.16. The first kappa shape index (κ1) is 16.8. The number of rotatable bonds is 9. The van der Waals surface area contributed by atoms with Crippen molar-refractivity contribution in [2.24, 2.45) is 11.1 Å². The maximum atomic E-state index is 5.72. The van der Waals surface area contributed by atoms with E-state index in [0.29, 0.717) is 11.0 Å². The molecule has 0 aliphatic carbocycles. The Hall–Kier alpha value is -0.190. The van der Waals surface area contributed by atoms with Crippen LogP contribution in [0.5, 0.6) is 0 Å². The van der Waals surface area contributed by atoms with Gasteiger partial charge in [0.1, 0.15) is 0 Å². The normalized spacial score (nSPS) is 14.0. The number of ether oxygens (including phenoxy) is 1. The highest BCUT2D eigenvalue weighted by molar-refractivity contribution is 7.80. The van der Waals surface area contributed by atoms with E-state index in [4.69, 9.17) is 22.7 Å². The van der Waals surface area contributed by atoms with Crippen molar-refractivity contribution in [3.05, 3.63) is 0 Å². The van der Waals surface area contributed by atoms with Crippen LogP contribution in [0.3, 0.4) is 0 Å². The Kier molecular flexibility index (Phi) is 7.92. The minimum absolute atomic E-state index is 0.0285. The SMILES string of the molecule is CCN(CCCC(C)(C)C(N)=S)C(C)COC. The summed E-state index contributed by atoms with van der Waals surface area (Å²) in [6.45, 7) is 11.5. The van der Waals surface area contributed by atoms with Gasteiger partial charge in [-0.05, 0) is 32.9 Å². The molecular weight excluding hydrogens is 232 g/mol. The van der Waals surface area contributed by atoms with Gasteiger partial charge in [-0.1, -0.05) is 33.0 Å². The highest BCUT2D eigenvalue weighted by atomic mass is 32.1. The van der Waals surface area contributed by atoms with Gasteiger partial charge in [0, 0.05) is 18.6 Å². The van der Waals surface area contributed by atoms with Gasteiger partial charge in [0.2, 0.25) is 0 Å². The number of methoxy groups -OCH3 is 1. The fourth-order valence-electron chi connectivity index (χ4n) is 1.88. The first-order chi connectivity index (χ1) is 7.85. The Bertz CT molecular complexity index is 231. The number of nitrogens with two attached hydrogens (primary N) is 1. The molecule has 0 saturated carbocycles. The molecule has 3 nitrogen and oxygen atoms in total. The molecule has 0 radical (unpaired) electrons. The third-order valence-corrected chi connectivity index (χ3v) is 3.90. The molecule has 4 heteroatoms. The molecule has 0 heterocycles. The average molecular weight is 260 g/mol. The van der Waals surface area contributed by atoms with Crippen LogP contribution in [-0.4, -0.2) is 42.7 Å². The first-order valence-corrected chi connectivity index (χ1v) is 6.78. The van der Waals surface area contributed by atoms with Crippen molar-refractivity contribution in [2.75, 3.05) is 26.8 Å². The zero-order valence-corrected chi connectivity index (χ0v) is 12.8. The van der Waals surface area contributed by atoms with Gasteiger partial charge >= 0.3 is 0 Å². The minimum Gasteiger partial charge on any atom is -0.393 e. The van der Waals surface area contributed by atoms with Crippen molar-refractivity contribution in [2.45, 2.75) is 46.6 Å². The van der Waals surface area contributed by atoms with Crippen molar-refractivity contribution in [1.29, 1.82) is 0 Å². The fraction of sp³-hybridized carbons (Fsp3) is 0.923. The number of hydrogen-bond acceptors (Lipinski definition) is 3. The van der Waals surface area contributed by atoms with Crippen LogP contribution in [0.1, 0.15) is 40.5 Å². The van der Waals surface area contributed by atoms with Crippen LogP contribution in [0, 0.1) is 5.41 Å². The lowest BCUT2D eigenvalue weighted by Gasteiger charge is -2.29. The van der Waals surface area contributed by atoms with Crippen LogP contribution in [0.15, 0.2) is 0 Å². The summed E-state index contributed by atoms with van der Waals surface area (Å²) in [6, 6.07) is 0.470. The molecule has 1 atom stereocenters. The molecule has 102 valence electrons. The summed E-state index contributed by atoms with van der Waals surface area (Å²) >= 11 is 5.08. The van der Waals surface area contributed by atoms with E-state index >= 15 is 0 Å². The number of likely N-dealkylation sites (N-methyl/N-ethyl adjacent to an activating group) is 1. The Balaban J connectivity index is 4.04. The summed E-state index contributed by atoms with van der Waals surface area (Å²) < 4.78 is 5.19. The molecule has 0 aliphatic heterocycles. The van der Waals surface area contributed by atoms with Crippen LogP contribution in [0.4, 0.5) is 0 Å². The van der Waals surface area contributed by atoms with Crippen molar-refractivity contribution >= 4 is 17.2 Å². The van der Waals surface area contributed by atoms with Crippen LogP contribution in [0.25, 0.3) is 0 Å². The predicted octanol–water partition coefficient (Wildman–Crippen LogP) is 2.44. The number of hydrogen-bond donors (Lipinski definition) is 1. The highest BCUT2D eigenvalue weighted by Crippen LogP contribution is 2.22. The number of thiocarbonyl (C=S) groups is 1. The lowest BCUT2D eigenvalue weighted by Crippen LogP contribution is -2.38. The standard InChI is InChI=1S/C13H28N2OS/c1-6-15(11(2)10-16-5)9-7-8-13(3,4)12(14)17/h11H,6-10H2,1-5H3,(H2,14,17). The summed E-state index contributed by atoms with van der Waals surface area (Å²) in [5.41, 5.74) is 5.70. The Morgan fingerprint density at radius 3 is 2.47 bits per heavy atom. The largest absolute Gasteiger partial charge is 0.393 e. The van der Waals surface area contributed by atoms with E-state index in [2.05, 4.69) is 32.6 Å². The molecule has 0 aliphatic rings. The third kappa shape index (κ3) is 6.34. The van der Waals surface area contributed by atoms with Gasteiger partial charge in [-0.15, -0.1) is 0 Å². The highest BCUT2D eigenvalue weighted by Gasteiger charge is 2.21. The van der Waals surface area contributed by atoms with Gasteiger partial charge in [-0.25, -0.2) is 0 Å². The maximum Gasteiger partial charge on any atom is 0.0784 e. The molecule has 0 aromatic carbocycles. The molecule has 0 amide bonds. The average Bonchev–Trinajstić information content (AvgIpc) is 2.24. The molecule has 0 aromatic heterocycles. The zero-order valence-electron chi connectivity index (χ0n) is 12.0. The van der Waals surface area contributed by atoms with E-state index in [0.717, 1.165) is 32.5 Å². The van der Waals surface area contributed by atoms with Gasteiger partial charge in [-0.3, -0.25) is 4.90 Å². The molecule has 0 rings (SSSR count). The fourth-order valence-corrected chi connectivity index (χ4v) is 1.99. The topological polar surface area (TPSA) is 38.5 Å². The van der Waals surface area contributed by atoms with Gasteiger partial charge in [0.25, 0.3) is 0 Å². The maximum absolute atomic E-state index is 5.72. The number of nitrogens with zero attached hydrogens (tertiary/aromatic N) is 1. The Labute approximate surface area is 112 Å². The van der Waals surface area contributed by atoms with Crippen LogP contribution < -0.4 is 5.73 Å². The van der Waals surface area contributed by atoms with Crippen molar-refractivity contribution < 1.29 is 4.74 Å². The van der Waals surface area contributed by atoms with Crippen molar-refractivity contribution in [1.82, 2.24) is 4.90 Å². The van der Waals surface area contributed by atoms with Gasteiger partial charge in [0.15, 0.2) is 0 Å². The zero-order chi connectivity index (χ0) is 13.5. The molecule has 0 fully saturated rings. The molecule has 1 unspecified atom stereocenters. The van der Waals surface area contributed by atoms with E-state index in [1.54, 1.807) is 7.11 Å². The Morgan fingerprint density at radius 2 is 2.06 bits per heavy atom. The third-order valence-electron chi connectivity index (χ3n) is 3.35. The van der Waals surface area contributed by atoms with Crippen LogP contribution >= 0.6 is 12.2 Å². The second kappa shape index (κ2) is 8.01. The Morgan fingerprint density at radius 1 is 1.47 bits per heavy atom. The summed E-state index contributed by atoms with van der Waals surface area (Å²) in [7, 11) is 1.75. The van der Waals surface area contributed by atoms with Gasteiger partial charge in [0.05, 0.1) is 11.6 Å². The monoisotopic (exact) mass is 260 g/mol. The second-order valence-electron chi connectivity index (χ2n) is 5.28. The lowest BCUT2D eigenvalue weighted by molar-refractivity contribution is 0.100. The van der Waals surface area contributed by atoms with Crippen LogP contribution in [-0.2, 0) is 4.74 Å². The van der Waals surface area contributed by atoms with Crippen molar-refractivity contribution in [3.8, 4) is 0 Å². The van der Waals surface area contributed by atoms with E-state index < -0.39 is 0 Å². The molecule has 17 heavy (non-hydrogen) atoms. The van der Waals surface area contributed by atoms with Gasteiger partial charge < -0.3 is 10.5 Å². The molecule has 0 spiro atoms. The lowest BCUT2D eigenvalue weighted by atomic mass is 9.88. The molecular formula is C13H28N2OS. The predicted molar refractivity (Wildman–Crippen MR) is 78.4 cm³/mol. The second-order valence-corrected chi connectivity index (χ2v) is 5.72. The summed E-state index contributed by atoms with van der Waals surface area (Å²) in [5.74, 6) is 0. The van der Waals surface area contributed by atoms with E-state index in [9.17, 15) is 0 Å². The first-order valence-electron chi connectivity index (χ1n) is 6.38.